The van der Waals surface area contributed by atoms with E-state index in [1.54, 1.807) is 0 Å². The van der Waals surface area contributed by atoms with E-state index in [0.717, 1.165) is 48.1 Å². The van der Waals surface area contributed by atoms with E-state index in [1.807, 2.05) is 25.5 Å². The van der Waals surface area contributed by atoms with Gasteiger partial charge >= 0.3 is 0 Å². The number of rotatable bonds is 5. The molecule has 1 N–H and O–H groups in total. The normalized spacial score (nSPS) is 11.2. The van der Waals surface area contributed by atoms with Gasteiger partial charge in [-0.15, -0.1) is 0 Å². The third kappa shape index (κ3) is 2.69. The molecule has 0 aromatic carbocycles. The largest absolute Gasteiger partial charge is 0.369 e. The number of hydrogen-bond acceptors (Lipinski definition) is 7. The van der Waals surface area contributed by atoms with Crippen molar-refractivity contribution in [2.45, 2.75) is 33.7 Å². The molecular weight excluding hydrogens is 270 g/mol. The van der Waals surface area contributed by atoms with E-state index in [4.69, 9.17) is 4.52 Å². The molecule has 8 heteroatoms. The molecule has 3 heterocycles. The Bertz CT molecular complexity index is 761. The van der Waals surface area contributed by atoms with Crippen LogP contribution in [0.3, 0.4) is 0 Å². The van der Waals surface area contributed by atoms with Crippen LogP contribution in [0.2, 0.25) is 0 Å². The fourth-order valence-electron chi connectivity index (χ4n) is 2.26. The Labute approximate surface area is 121 Å². The first kappa shape index (κ1) is 13.5. The Kier molecular flexibility index (Phi) is 3.51. The summed E-state index contributed by atoms with van der Waals surface area (Å²) in [6.45, 7) is 7.32. The van der Waals surface area contributed by atoms with Gasteiger partial charge in [0.2, 0.25) is 0 Å². The van der Waals surface area contributed by atoms with Crippen LogP contribution in [0.4, 0.5) is 5.82 Å². The molecule has 0 aliphatic rings. The summed E-state index contributed by atoms with van der Waals surface area (Å²) in [6, 6.07) is 0. The first-order chi connectivity index (χ1) is 10.1. The van der Waals surface area contributed by atoms with Gasteiger partial charge in [-0.1, -0.05) is 5.16 Å². The summed E-state index contributed by atoms with van der Waals surface area (Å²) in [4.78, 5) is 12.6. The molecule has 0 fully saturated rings. The molecule has 21 heavy (non-hydrogen) atoms. The van der Waals surface area contributed by atoms with Crippen molar-refractivity contribution in [1.29, 1.82) is 0 Å². The van der Waals surface area contributed by atoms with E-state index in [0.29, 0.717) is 5.71 Å². The average molecular weight is 287 g/mol. The Morgan fingerprint density at radius 2 is 2.10 bits per heavy atom. The average Bonchev–Trinajstić information content (AvgIpc) is 2.99. The van der Waals surface area contributed by atoms with Crippen LogP contribution in [-0.2, 0) is 6.54 Å². The van der Waals surface area contributed by atoms with Crippen molar-refractivity contribution in [3.05, 3.63) is 23.7 Å². The van der Waals surface area contributed by atoms with Gasteiger partial charge in [-0.3, -0.25) is 4.68 Å². The fraction of sp³-hybridized carbons (Fsp3) is 0.462. The first-order valence-corrected chi connectivity index (χ1v) is 6.84. The molecule has 0 bridgehead atoms. The van der Waals surface area contributed by atoms with Crippen LogP contribution >= 0.6 is 0 Å². The quantitative estimate of drug-likeness (QED) is 0.713. The highest BCUT2D eigenvalue weighted by atomic mass is 16.5. The zero-order valence-corrected chi connectivity index (χ0v) is 12.3. The molecule has 110 valence electrons. The standard InChI is InChI=1S/C13H17N7O/c1-8-11-12(15-7-16-13(11)21-19-8)14-5-4-6-20-10(3)17-9(2)18-20/h7H,4-6H2,1-3H3,(H,14,15,16). The Morgan fingerprint density at radius 1 is 1.24 bits per heavy atom. The maximum atomic E-state index is 5.12. The summed E-state index contributed by atoms with van der Waals surface area (Å²) in [7, 11) is 0. The summed E-state index contributed by atoms with van der Waals surface area (Å²) < 4.78 is 7.03. The molecule has 0 unspecified atom stereocenters. The highest BCUT2D eigenvalue weighted by molar-refractivity contribution is 5.87. The molecular formula is C13H17N7O. The van der Waals surface area contributed by atoms with E-state index in [9.17, 15) is 0 Å². The lowest BCUT2D eigenvalue weighted by molar-refractivity contribution is 0.442. The number of fused-ring (bicyclic) bond motifs is 1. The maximum absolute atomic E-state index is 5.12. The van der Waals surface area contributed by atoms with Gasteiger partial charge in [0, 0.05) is 13.1 Å². The lowest BCUT2D eigenvalue weighted by Gasteiger charge is -2.06. The van der Waals surface area contributed by atoms with Crippen LogP contribution < -0.4 is 5.32 Å². The minimum atomic E-state index is 0.507. The number of nitrogens with zero attached hydrogens (tertiary/aromatic N) is 6. The number of nitrogens with one attached hydrogen (secondary N) is 1. The summed E-state index contributed by atoms with van der Waals surface area (Å²) >= 11 is 0. The second-order valence-corrected chi connectivity index (χ2v) is 4.88. The van der Waals surface area contributed by atoms with E-state index >= 15 is 0 Å². The molecule has 0 aliphatic heterocycles. The third-order valence-electron chi connectivity index (χ3n) is 3.25. The van der Waals surface area contributed by atoms with E-state index < -0.39 is 0 Å². The molecule has 0 amide bonds. The molecule has 8 nitrogen and oxygen atoms in total. The molecule has 3 aromatic heterocycles. The van der Waals surface area contributed by atoms with Crippen molar-refractivity contribution in [3.63, 3.8) is 0 Å². The van der Waals surface area contributed by atoms with Gasteiger partial charge < -0.3 is 9.84 Å². The van der Waals surface area contributed by atoms with Crippen LogP contribution in [-0.4, -0.2) is 36.4 Å². The van der Waals surface area contributed by atoms with E-state index in [2.05, 4.69) is 30.5 Å². The topological polar surface area (TPSA) is 94.6 Å². The second-order valence-electron chi connectivity index (χ2n) is 4.88. The van der Waals surface area contributed by atoms with Gasteiger partial charge in [0.1, 0.15) is 29.2 Å². The molecule has 0 radical (unpaired) electrons. The monoisotopic (exact) mass is 287 g/mol. The fourth-order valence-corrected chi connectivity index (χ4v) is 2.26. The Hall–Kier alpha value is -2.51. The van der Waals surface area contributed by atoms with Crippen LogP contribution in [0.5, 0.6) is 0 Å². The van der Waals surface area contributed by atoms with Crippen LogP contribution in [0.15, 0.2) is 10.9 Å². The number of hydrogen-bond donors (Lipinski definition) is 1. The molecule has 0 saturated heterocycles. The highest BCUT2D eigenvalue weighted by Gasteiger charge is 2.11. The van der Waals surface area contributed by atoms with Crippen molar-refractivity contribution in [2.24, 2.45) is 0 Å². The van der Waals surface area contributed by atoms with Crippen LogP contribution in [0.1, 0.15) is 23.8 Å². The molecule has 0 saturated carbocycles. The summed E-state index contributed by atoms with van der Waals surface area (Å²) in [5.41, 5.74) is 1.29. The molecule has 3 rings (SSSR count). The number of anilines is 1. The molecule has 0 spiro atoms. The Balaban J connectivity index is 1.62. The van der Waals surface area contributed by atoms with Gasteiger partial charge in [0.05, 0.1) is 5.69 Å². The molecule has 0 aliphatic carbocycles. The van der Waals surface area contributed by atoms with Crippen molar-refractivity contribution in [3.8, 4) is 0 Å². The summed E-state index contributed by atoms with van der Waals surface area (Å²) in [5.74, 6) is 2.50. The summed E-state index contributed by atoms with van der Waals surface area (Å²) in [5, 5.41) is 12.4. The molecule has 3 aromatic rings. The van der Waals surface area contributed by atoms with Crippen molar-refractivity contribution < 1.29 is 4.52 Å². The Morgan fingerprint density at radius 3 is 2.86 bits per heavy atom. The predicted molar refractivity (Wildman–Crippen MR) is 76.9 cm³/mol. The lowest BCUT2D eigenvalue weighted by atomic mass is 10.3. The van der Waals surface area contributed by atoms with E-state index in [-0.39, 0.29) is 0 Å². The van der Waals surface area contributed by atoms with Gasteiger partial charge in [0.15, 0.2) is 0 Å². The second kappa shape index (κ2) is 5.47. The molecule has 0 atom stereocenters. The van der Waals surface area contributed by atoms with Crippen molar-refractivity contribution in [1.82, 2.24) is 29.9 Å². The number of aromatic nitrogens is 6. The van der Waals surface area contributed by atoms with E-state index in [1.165, 1.54) is 6.33 Å². The SMILES string of the molecule is Cc1nc(C)n(CCCNc2ncnc3onc(C)c23)n1. The minimum Gasteiger partial charge on any atom is -0.369 e. The zero-order chi connectivity index (χ0) is 14.8. The summed E-state index contributed by atoms with van der Waals surface area (Å²) in [6.07, 6.45) is 2.39. The highest BCUT2D eigenvalue weighted by Crippen LogP contribution is 2.22. The van der Waals surface area contributed by atoms with Crippen molar-refractivity contribution in [2.75, 3.05) is 11.9 Å². The van der Waals surface area contributed by atoms with Gasteiger partial charge in [-0.05, 0) is 27.2 Å². The van der Waals surface area contributed by atoms with Gasteiger partial charge in [-0.25, -0.2) is 9.97 Å². The maximum Gasteiger partial charge on any atom is 0.263 e. The zero-order valence-electron chi connectivity index (χ0n) is 12.3. The van der Waals surface area contributed by atoms with Crippen LogP contribution in [0, 0.1) is 20.8 Å². The minimum absolute atomic E-state index is 0.507. The van der Waals surface area contributed by atoms with Gasteiger partial charge in [-0.2, -0.15) is 10.1 Å². The van der Waals surface area contributed by atoms with Gasteiger partial charge in [0.25, 0.3) is 5.71 Å². The number of aryl methyl sites for hydroxylation is 4. The lowest BCUT2D eigenvalue weighted by Crippen LogP contribution is -2.10. The van der Waals surface area contributed by atoms with Crippen LogP contribution in [0.25, 0.3) is 11.1 Å². The first-order valence-electron chi connectivity index (χ1n) is 6.84. The predicted octanol–water partition coefficient (Wildman–Crippen LogP) is 1.64. The third-order valence-corrected chi connectivity index (χ3v) is 3.25. The van der Waals surface area contributed by atoms with Crippen molar-refractivity contribution >= 4 is 16.9 Å². The smallest absolute Gasteiger partial charge is 0.263 e.